The Morgan fingerprint density at radius 1 is 1.25 bits per heavy atom. The number of furan rings is 1. The lowest BCUT2D eigenvalue weighted by atomic mass is 10.2. The van der Waals surface area contributed by atoms with Gasteiger partial charge in [-0.25, -0.2) is 4.98 Å². The summed E-state index contributed by atoms with van der Waals surface area (Å²) >= 11 is 2.81. The molecule has 0 radical (unpaired) electrons. The van der Waals surface area contributed by atoms with Crippen molar-refractivity contribution in [3.05, 3.63) is 59.3 Å². The molecule has 1 amide bonds. The molecule has 1 aromatic carbocycles. The van der Waals surface area contributed by atoms with Gasteiger partial charge in [0.15, 0.2) is 10.9 Å². The van der Waals surface area contributed by atoms with E-state index in [0.717, 1.165) is 16.9 Å². The first-order valence-electron chi connectivity index (χ1n) is 8.42. The summed E-state index contributed by atoms with van der Waals surface area (Å²) < 4.78 is 10.8. The minimum atomic E-state index is -0.0841. The van der Waals surface area contributed by atoms with Crippen molar-refractivity contribution >= 4 is 39.8 Å². The van der Waals surface area contributed by atoms with Gasteiger partial charge in [0.25, 0.3) is 11.1 Å². The van der Waals surface area contributed by atoms with E-state index >= 15 is 0 Å². The zero-order chi connectivity index (χ0) is 19.5. The van der Waals surface area contributed by atoms with Crippen LogP contribution in [0.25, 0.3) is 11.7 Å². The van der Waals surface area contributed by atoms with Gasteiger partial charge < -0.3 is 8.83 Å². The minimum absolute atomic E-state index is 0.0841. The Morgan fingerprint density at radius 3 is 2.89 bits per heavy atom. The molecule has 0 atom stereocenters. The molecule has 0 saturated carbocycles. The van der Waals surface area contributed by atoms with Crippen LogP contribution in [-0.4, -0.2) is 21.1 Å². The number of thiazole rings is 1. The van der Waals surface area contributed by atoms with Gasteiger partial charge >= 0.3 is 0 Å². The molecule has 4 rings (SSSR count). The van der Waals surface area contributed by atoms with Crippen molar-refractivity contribution in [3.8, 4) is 11.7 Å². The first kappa shape index (κ1) is 18.5. The third-order valence-corrected chi connectivity index (χ3v) is 5.51. The van der Waals surface area contributed by atoms with Crippen LogP contribution in [0.15, 0.2) is 62.1 Å². The highest BCUT2D eigenvalue weighted by Gasteiger charge is 2.18. The minimum Gasteiger partial charge on any atom is -0.459 e. The van der Waals surface area contributed by atoms with Crippen LogP contribution in [-0.2, 0) is 10.5 Å². The lowest BCUT2D eigenvalue weighted by molar-refractivity contribution is -0.115. The molecule has 0 aliphatic heterocycles. The zero-order valence-electron chi connectivity index (χ0n) is 15.2. The normalized spacial score (nSPS) is 10.9. The Hall–Kier alpha value is -2.91. The molecule has 0 aliphatic carbocycles. The van der Waals surface area contributed by atoms with Gasteiger partial charge in [-0.3, -0.25) is 9.69 Å². The topological polar surface area (TPSA) is 85.3 Å². The Bertz CT molecular complexity index is 1090. The lowest BCUT2D eigenvalue weighted by Crippen LogP contribution is -2.22. The van der Waals surface area contributed by atoms with Gasteiger partial charge in [-0.15, -0.1) is 21.5 Å². The number of hydrogen-bond acceptors (Lipinski definition) is 8. The highest BCUT2D eigenvalue weighted by Crippen LogP contribution is 2.32. The average molecular weight is 412 g/mol. The van der Waals surface area contributed by atoms with Crippen molar-refractivity contribution in [1.82, 2.24) is 15.2 Å². The van der Waals surface area contributed by atoms with Gasteiger partial charge in [0, 0.05) is 18.1 Å². The zero-order valence-corrected chi connectivity index (χ0v) is 16.8. The van der Waals surface area contributed by atoms with Crippen LogP contribution in [0.2, 0.25) is 0 Å². The van der Waals surface area contributed by atoms with E-state index in [-0.39, 0.29) is 5.91 Å². The molecule has 0 bridgehead atoms. The number of hydrogen-bond donors (Lipinski definition) is 0. The van der Waals surface area contributed by atoms with Gasteiger partial charge in [0.1, 0.15) is 0 Å². The quantitative estimate of drug-likeness (QED) is 0.409. The van der Waals surface area contributed by atoms with E-state index in [1.54, 1.807) is 23.3 Å². The van der Waals surface area contributed by atoms with Crippen LogP contribution in [0.3, 0.4) is 0 Å². The van der Waals surface area contributed by atoms with Crippen molar-refractivity contribution in [2.75, 3.05) is 4.90 Å². The molecule has 7 nitrogen and oxygen atoms in total. The van der Waals surface area contributed by atoms with Crippen molar-refractivity contribution in [1.29, 1.82) is 0 Å². The molecule has 142 valence electrons. The molecule has 3 aromatic heterocycles. The fourth-order valence-corrected chi connectivity index (χ4v) is 4.21. The Kier molecular flexibility index (Phi) is 5.27. The summed E-state index contributed by atoms with van der Waals surface area (Å²) in [6, 6.07) is 11.3. The number of carbonyl (C=O) groups excluding carboxylic acids is 1. The number of thioether (sulfide) groups is 1. The molecule has 3 heterocycles. The number of anilines is 2. The second-order valence-electron chi connectivity index (χ2n) is 5.95. The second-order valence-corrected chi connectivity index (χ2v) is 7.72. The third kappa shape index (κ3) is 4.00. The molecule has 0 aliphatic rings. The average Bonchev–Trinajstić information content (AvgIpc) is 3.41. The number of nitrogens with zero attached hydrogens (tertiary/aromatic N) is 4. The maximum absolute atomic E-state index is 12.2. The summed E-state index contributed by atoms with van der Waals surface area (Å²) in [5.41, 5.74) is 2.72. The number of aromatic nitrogens is 3. The van der Waals surface area contributed by atoms with E-state index in [2.05, 4.69) is 15.2 Å². The van der Waals surface area contributed by atoms with Gasteiger partial charge in [-0.2, -0.15) is 0 Å². The van der Waals surface area contributed by atoms with E-state index in [0.29, 0.717) is 27.8 Å². The van der Waals surface area contributed by atoms with Crippen LogP contribution in [0.5, 0.6) is 0 Å². The molecule has 0 saturated heterocycles. The standard InChI is InChI=1S/C19H16N4O3S2/c1-12-5-3-6-15(9-12)23(13(2)24)18-20-14(10-27-18)11-28-19-22-21-17(26-19)16-7-4-8-25-16/h3-10H,11H2,1-2H3. The SMILES string of the molecule is CC(=O)N(c1cccc(C)c1)c1nc(CSc2nnc(-c3ccco3)o2)cs1. The summed E-state index contributed by atoms with van der Waals surface area (Å²) in [4.78, 5) is 18.4. The second kappa shape index (κ2) is 7.99. The van der Waals surface area contributed by atoms with Crippen LogP contribution < -0.4 is 4.90 Å². The molecule has 0 unspecified atom stereocenters. The number of aryl methyl sites for hydroxylation is 1. The summed E-state index contributed by atoms with van der Waals surface area (Å²) in [6.45, 7) is 3.53. The van der Waals surface area contributed by atoms with Crippen LogP contribution in [0, 0.1) is 6.92 Å². The number of carbonyl (C=O) groups is 1. The maximum atomic E-state index is 12.2. The molecule has 28 heavy (non-hydrogen) atoms. The highest BCUT2D eigenvalue weighted by atomic mass is 32.2. The Labute approximate surface area is 169 Å². The monoisotopic (exact) mass is 412 g/mol. The van der Waals surface area contributed by atoms with Gasteiger partial charge in [-0.05, 0) is 36.8 Å². The Morgan fingerprint density at radius 2 is 2.14 bits per heavy atom. The summed E-state index contributed by atoms with van der Waals surface area (Å²) in [5, 5.41) is 11.0. The maximum Gasteiger partial charge on any atom is 0.284 e. The van der Waals surface area contributed by atoms with Crippen molar-refractivity contribution in [3.63, 3.8) is 0 Å². The van der Waals surface area contributed by atoms with Gasteiger partial charge in [-0.1, -0.05) is 23.9 Å². The first-order chi connectivity index (χ1) is 13.6. The van der Waals surface area contributed by atoms with E-state index in [1.165, 1.54) is 30.0 Å². The Balaban J connectivity index is 1.47. The highest BCUT2D eigenvalue weighted by molar-refractivity contribution is 7.98. The van der Waals surface area contributed by atoms with E-state index in [4.69, 9.17) is 8.83 Å². The third-order valence-electron chi connectivity index (χ3n) is 3.79. The summed E-state index contributed by atoms with van der Waals surface area (Å²) in [7, 11) is 0. The van der Waals surface area contributed by atoms with E-state index in [9.17, 15) is 4.79 Å². The molecule has 0 fully saturated rings. The molecule has 0 spiro atoms. The molecular weight excluding hydrogens is 396 g/mol. The fraction of sp³-hybridized carbons (Fsp3) is 0.158. The molecule has 4 aromatic rings. The fourth-order valence-electron chi connectivity index (χ4n) is 2.56. The van der Waals surface area contributed by atoms with Crippen LogP contribution >= 0.6 is 23.1 Å². The predicted molar refractivity (Wildman–Crippen MR) is 108 cm³/mol. The first-order valence-corrected chi connectivity index (χ1v) is 10.3. The lowest BCUT2D eigenvalue weighted by Gasteiger charge is -2.18. The van der Waals surface area contributed by atoms with E-state index < -0.39 is 0 Å². The number of amides is 1. The van der Waals surface area contributed by atoms with E-state index in [1.807, 2.05) is 36.6 Å². The van der Waals surface area contributed by atoms with Gasteiger partial charge in [0.2, 0.25) is 5.91 Å². The smallest absolute Gasteiger partial charge is 0.284 e. The largest absolute Gasteiger partial charge is 0.459 e. The van der Waals surface area contributed by atoms with Crippen LogP contribution in [0.4, 0.5) is 10.8 Å². The van der Waals surface area contributed by atoms with Crippen molar-refractivity contribution in [2.45, 2.75) is 24.8 Å². The van der Waals surface area contributed by atoms with Gasteiger partial charge in [0.05, 0.1) is 17.6 Å². The molecular formula is C19H16N4O3S2. The predicted octanol–water partition coefficient (Wildman–Crippen LogP) is 5.07. The van der Waals surface area contributed by atoms with Crippen molar-refractivity contribution in [2.24, 2.45) is 0 Å². The summed E-state index contributed by atoms with van der Waals surface area (Å²) in [6.07, 6.45) is 1.55. The summed E-state index contributed by atoms with van der Waals surface area (Å²) in [5.74, 6) is 1.34. The number of benzene rings is 1. The van der Waals surface area contributed by atoms with Crippen LogP contribution in [0.1, 0.15) is 18.2 Å². The molecule has 0 N–H and O–H groups in total. The van der Waals surface area contributed by atoms with Crippen molar-refractivity contribution < 1.29 is 13.6 Å². The number of rotatable bonds is 6. The molecule has 9 heteroatoms.